The Morgan fingerprint density at radius 2 is 1.62 bits per heavy atom. The molecule has 0 aromatic heterocycles. The first-order valence-corrected chi connectivity index (χ1v) is 8.83. The summed E-state index contributed by atoms with van der Waals surface area (Å²) in [6, 6.07) is 14.9. The van der Waals surface area contributed by atoms with Crippen molar-refractivity contribution < 1.29 is 9.59 Å². The third-order valence-corrected chi connectivity index (χ3v) is 4.80. The van der Waals surface area contributed by atoms with Crippen molar-refractivity contribution in [2.75, 3.05) is 6.54 Å². The number of benzene rings is 2. The highest BCUT2D eigenvalue weighted by Gasteiger charge is 2.34. The van der Waals surface area contributed by atoms with Crippen LogP contribution in [0.2, 0.25) is 0 Å². The molecule has 1 aliphatic rings. The van der Waals surface area contributed by atoms with Crippen LogP contribution in [-0.4, -0.2) is 23.3 Å². The summed E-state index contributed by atoms with van der Waals surface area (Å²) in [5.74, 6) is -0.376. The van der Waals surface area contributed by atoms with E-state index in [1.165, 1.54) is 4.90 Å². The second-order valence-corrected chi connectivity index (χ2v) is 6.88. The Hall–Kier alpha value is -1.98. The van der Waals surface area contributed by atoms with Crippen LogP contribution in [0.4, 0.5) is 0 Å². The molecule has 2 aromatic rings. The fraction of sp³-hybridized carbons (Fsp3) is 0.263. The number of unbranched alkanes of at least 4 members (excludes halogenated alkanes) is 1. The minimum absolute atomic E-state index is 0.0373. The quantitative estimate of drug-likeness (QED) is 0.604. The number of nitrogens with zero attached hydrogens (tertiary/aromatic N) is 1. The van der Waals surface area contributed by atoms with Crippen molar-refractivity contribution in [1.29, 1.82) is 0 Å². The van der Waals surface area contributed by atoms with Crippen molar-refractivity contribution in [2.24, 2.45) is 5.73 Å². The normalized spacial score (nSPS) is 14.8. The summed E-state index contributed by atoms with van der Waals surface area (Å²) >= 11 is 3.45. The molecule has 0 radical (unpaired) electrons. The van der Waals surface area contributed by atoms with Gasteiger partial charge in [-0.15, -0.1) is 0 Å². The highest BCUT2D eigenvalue weighted by molar-refractivity contribution is 9.10. The Morgan fingerprint density at radius 3 is 2.25 bits per heavy atom. The Morgan fingerprint density at radius 1 is 0.958 bits per heavy atom. The van der Waals surface area contributed by atoms with Gasteiger partial charge in [0.25, 0.3) is 11.8 Å². The summed E-state index contributed by atoms with van der Waals surface area (Å²) in [6.45, 7) is 0.442. The molecule has 1 heterocycles. The third kappa shape index (κ3) is 3.42. The zero-order valence-corrected chi connectivity index (χ0v) is 14.8. The largest absolute Gasteiger partial charge is 0.324 e. The van der Waals surface area contributed by atoms with Gasteiger partial charge in [0.1, 0.15) is 0 Å². The van der Waals surface area contributed by atoms with Gasteiger partial charge >= 0.3 is 0 Å². The van der Waals surface area contributed by atoms with E-state index in [0.717, 1.165) is 29.3 Å². The van der Waals surface area contributed by atoms with E-state index in [9.17, 15) is 9.59 Å². The molecule has 1 atom stereocenters. The lowest BCUT2D eigenvalue weighted by Crippen LogP contribution is -2.30. The number of halogens is 1. The molecule has 124 valence electrons. The summed E-state index contributed by atoms with van der Waals surface area (Å²) in [5, 5.41) is 0. The average molecular weight is 387 g/mol. The van der Waals surface area contributed by atoms with E-state index in [2.05, 4.69) is 15.9 Å². The van der Waals surface area contributed by atoms with Crippen molar-refractivity contribution in [3.63, 3.8) is 0 Å². The fourth-order valence-electron chi connectivity index (χ4n) is 2.98. The van der Waals surface area contributed by atoms with Crippen LogP contribution < -0.4 is 5.73 Å². The van der Waals surface area contributed by atoms with Crippen molar-refractivity contribution in [3.8, 4) is 0 Å². The van der Waals surface area contributed by atoms with Crippen molar-refractivity contribution in [3.05, 3.63) is 69.7 Å². The lowest BCUT2D eigenvalue weighted by Gasteiger charge is -2.15. The Balaban J connectivity index is 1.51. The first-order chi connectivity index (χ1) is 11.6. The minimum Gasteiger partial charge on any atom is -0.324 e. The highest BCUT2D eigenvalue weighted by atomic mass is 79.9. The standard InChI is InChI=1S/C19H19BrN2O2/c20-14-7-5-6-13(12-14)17(21)10-3-4-11-22-18(23)15-8-1-2-9-16(15)19(22)24/h1-2,5-9,12,17H,3-4,10-11,21H2. The maximum Gasteiger partial charge on any atom is 0.261 e. The maximum absolute atomic E-state index is 12.3. The number of hydrogen-bond acceptors (Lipinski definition) is 3. The molecular weight excluding hydrogens is 368 g/mol. The van der Waals surface area contributed by atoms with Gasteiger partial charge < -0.3 is 5.73 Å². The number of amides is 2. The molecule has 2 amide bonds. The van der Waals surface area contributed by atoms with E-state index in [-0.39, 0.29) is 17.9 Å². The Labute approximate surface area is 149 Å². The van der Waals surface area contributed by atoms with Gasteiger partial charge in [0.2, 0.25) is 0 Å². The second-order valence-electron chi connectivity index (χ2n) is 5.96. The van der Waals surface area contributed by atoms with E-state index in [0.29, 0.717) is 17.7 Å². The number of fused-ring (bicyclic) bond motifs is 1. The van der Waals surface area contributed by atoms with Crippen LogP contribution >= 0.6 is 15.9 Å². The number of carbonyl (C=O) groups is 2. The van der Waals surface area contributed by atoms with Crippen molar-refractivity contribution in [2.45, 2.75) is 25.3 Å². The molecule has 0 spiro atoms. The molecule has 3 rings (SSSR count). The first-order valence-electron chi connectivity index (χ1n) is 8.04. The van der Waals surface area contributed by atoms with Crippen LogP contribution in [0.5, 0.6) is 0 Å². The van der Waals surface area contributed by atoms with E-state index in [4.69, 9.17) is 5.73 Å². The first kappa shape index (κ1) is 16.9. The zero-order chi connectivity index (χ0) is 17.1. The molecule has 1 aliphatic heterocycles. The van der Waals surface area contributed by atoms with E-state index < -0.39 is 0 Å². The Bertz CT molecular complexity index is 740. The second kappa shape index (κ2) is 7.28. The summed E-state index contributed by atoms with van der Waals surface area (Å²) < 4.78 is 1.02. The van der Waals surface area contributed by atoms with Crippen LogP contribution in [0.3, 0.4) is 0 Å². The van der Waals surface area contributed by atoms with Gasteiger partial charge in [0, 0.05) is 17.1 Å². The number of rotatable bonds is 6. The third-order valence-electron chi connectivity index (χ3n) is 4.30. The van der Waals surface area contributed by atoms with Gasteiger partial charge in [-0.25, -0.2) is 0 Å². The number of imide groups is 1. The topological polar surface area (TPSA) is 63.4 Å². The van der Waals surface area contributed by atoms with Crippen molar-refractivity contribution in [1.82, 2.24) is 4.90 Å². The predicted octanol–water partition coefficient (Wildman–Crippen LogP) is 3.92. The summed E-state index contributed by atoms with van der Waals surface area (Å²) in [6.07, 6.45) is 2.44. The predicted molar refractivity (Wildman–Crippen MR) is 96.7 cm³/mol. The van der Waals surface area contributed by atoms with Crippen LogP contribution in [0.1, 0.15) is 51.6 Å². The van der Waals surface area contributed by atoms with Gasteiger partial charge in [0.15, 0.2) is 0 Å². The smallest absolute Gasteiger partial charge is 0.261 e. The minimum atomic E-state index is -0.188. The Kier molecular flexibility index (Phi) is 5.11. The summed E-state index contributed by atoms with van der Waals surface area (Å²) in [7, 11) is 0. The average Bonchev–Trinajstić information content (AvgIpc) is 2.83. The van der Waals surface area contributed by atoms with E-state index >= 15 is 0 Å². The monoisotopic (exact) mass is 386 g/mol. The number of hydrogen-bond donors (Lipinski definition) is 1. The lowest BCUT2D eigenvalue weighted by atomic mass is 10.0. The molecule has 0 saturated heterocycles. The van der Waals surface area contributed by atoms with Gasteiger partial charge in [-0.1, -0.05) is 40.2 Å². The lowest BCUT2D eigenvalue weighted by molar-refractivity contribution is 0.0651. The fourth-order valence-corrected chi connectivity index (χ4v) is 3.40. The molecule has 0 aliphatic carbocycles. The van der Waals surface area contributed by atoms with Gasteiger partial charge in [-0.05, 0) is 49.1 Å². The number of carbonyl (C=O) groups excluding carboxylic acids is 2. The molecule has 24 heavy (non-hydrogen) atoms. The van der Waals surface area contributed by atoms with E-state index in [1.54, 1.807) is 24.3 Å². The molecular formula is C19H19BrN2O2. The van der Waals surface area contributed by atoms with Crippen molar-refractivity contribution >= 4 is 27.7 Å². The van der Waals surface area contributed by atoms with Gasteiger partial charge in [0.05, 0.1) is 11.1 Å². The zero-order valence-electron chi connectivity index (χ0n) is 13.2. The van der Waals surface area contributed by atoms with Crippen LogP contribution in [0.25, 0.3) is 0 Å². The van der Waals surface area contributed by atoms with Gasteiger partial charge in [-0.2, -0.15) is 0 Å². The molecule has 2 aromatic carbocycles. The molecule has 0 bridgehead atoms. The molecule has 1 unspecified atom stereocenters. The molecule has 2 N–H and O–H groups in total. The highest BCUT2D eigenvalue weighted by Crippen LogP contribution is 2.24. The summed E-state index contributed by atoms with van der Waals surface area (Å²) in [5.41, 5.74) is 8.32. The van der Waals surface area contributed by atoms with Gasteiger partial charge in [-0.3, -0.25) is 14.5 Å². The molecule has 0 fully saturated rings. The molecule has 4 nitrogen and oxygen atoms in total. The van der Waals surface area contributed by atoms with Crippen LogP contribution in [0.15, 0.2) is 53.0 Å². The SMILES string of the molecule is NC(CCCCN1C(=O)c2ccccc2C1=O)c1cccc(Br)c1. The van der Waals surface area contributed by atoms with E-state index in [1.807, 2.05) is 24.3 Å². The van der Waals surface area contributed by atoms with Crippen LogP contribution in [-0.2, 0) is 0 Å². The van der Waals surface area contributed by atoms with Crippen LogP contribution in [0, 0.1) is 0 Å². The maximum atomic E-state index is 12.3. The number of nitrogens with two attached hydrogens (primary N) is 1. The summed E-state index contributed by atoms with van der Waals surface area (Å²) in [4.78, 5) is 25.9. The molecule has 5 heteroatoms. The molecule has 0 saturated carbocycles.